The van der Waals surface area contributed by atoms with Gasteiger partial charge in [-0.3, -0.25) is 9.59 Å². The van der Waals surface area contributed by atoms with E-state index >= 15 is 0 Å². The molecule has 1 N–H and O–H groups in total. The SMILES string of the molecule is CCC(C(=O)NC(C)C)N(Cc1ccc(OC)cc1)C(=O)COc1ccc(F)cc1. The van der Waals surface area contributed by atoms with E-state index in [1.807, 2.05) is 45.0 Å². The Bertz CT molecular complexity index is 822. The highest BCUT2D eigenvalue weighted by Gasteiger charge is 2.29. The minimum absolute atomic E-state index is 0.0417. The second kappa shape index (κ2) is 11.2. The maximum Gasteiger partial charge on any atom is 0.261 e. The molecule has 0 fully saturated rings. The van der Waals surface area contributed by atoms with Crippen LogP contribution in [-0.2, 0) is 16.1 Å². The van der Waals surface area contributed by atoms with Crippen molar-refractivity contribution in [3.8, 4) is 11.5 Å². The van der Waals surface area contributed by atoms with E-state index in [1.165, 1.54) is 29.2 Å². The highest BCUT2D eigenvalue weighted by Crippen LogP contribution is 2.17. The molecule has 162 valence electrons. The molecule has 1 atom stereocenters. The highest BCUT2D eigenvalue weighted by atomic mass is 19.1. The number of nitrogens with zero attached hydrogens (tertiary/aromatic N) is 1. The van der Waals surface area contributed by atoms with Gasteiger partial charge >= 0.3 is 0 Å². The van der Waals surface area contributed by atoms with Gasteiger partial charge in [-0.25, -0.2) is 4.39 Å². The van der Waals surface area contributed by atoms with E-state index in [-0.39, 0.29) is 36.8 Å². The molecule has 6 nitrogen and oxygen atoms in total. The lowest BCUT2D eigenvalue weighted by molar-refractivity contribution is -0.143. The summed E-state index contributed by atoms with van der Waals surface area (Å²) in [5.74, 6) is 0.165. The van der Waals surface area contributed by atoms with E-state index in [9.17, 15) is 14.0 Å². The summed E-state index contributed by atoms with van der Waals surface area (Å²) < 4.78 is 23.8. The van der Waals surface area contributed by atoms with E-state index in [2.05, 4.69) is 5.32 Å². The molecule has 1 unspecified atom stereocenters. The van der Waals surface area contributed by atoms with Crippen LogP contribution in [0.15, 0.2) is 48.5 Å². The van der Waals surface area contributed by atoms with Gasteiger partial charge in [0.2, 0.25) is 5.91 Å². The molecule has 0 aliphatic heterocycles. The molecule has 0 spiro atoms. The van der Waals surface area contributed by atoms with Crippen LogP contribution in [0.3, 0.4) is 0 Å². The van der Waals surface area contributed by atoms with Crippen molar-refractivity contribution in [1.82, 2.24) is 10.2 Å². The number of hydrogen-bond donors (Lipinski definition) is 1. The molecule has 0 radical (unpaired) electrons. The van der Waals surface area contributed by atoms with Crippen LogP contribution in [-0.4, -0.2) is 42.5 Å². The fourth-order valence-corrected chi connectivity index (χ4v) is 2.99. The largest absolute Gasteiger partial charge is 0.497 e. The first-order chi connectivity index (χ1) is 14.3. The highest BCUT2D eigenvalue weighted by molar-refractivity contribution is 5.88. The summed E-state index contributed by atoms with van der Waals surface area (Å²) >= 11 is 0. The normalized spacial score (nSPS) is 11.7. The second-order valence-electron chi connectivity index (χ2n) is 7.20. The van der Waals surface area contributed by atoms with Gasteiger partial charge in [-0.2, -0.15) is 0 Å². The molecular weight excluding hydrogens is 387 g/mol. The number of benzene rings is 2. The minimum atomic E-state index is -0.640. The van der Waals surface area contributed by atoms with Gasteiger partial charge in [0.05, 0.1) is 7.11 Å². The van der Waals surface area contributed by atoms with Crippen molar-refractivity contribution in [3.05, 3.63) is 59.9 Å². The number of nitrogens with one attached hydrogen (secondary N) is 1. The molecule has 0 saturated carbocycles. The molecule has 7 heteroatoms. The Hall–Kier alpha value is -3.09. The maximum absolute atomic E-state index is 13.1. The van der Waals surface area contributed by atoms with Gasteiger partial charge in [0, 0.05) is 12.6 Å². The van der Waals surface area contributed by atoms with Crippen molar-refractivity contribution >= 4 is 11.8 Å². The molecule has 2 rings (SSSR count). The Kier molecular flexibility index (Phi) is 8.65. The smallest absolute Gasteiger partial charge is 0.261 e. The zero-order valence-corrected chi connectivity index (χ0v) is 17.9. The molecule has 0 aliphatic rings. The molecule has 0 aromatic heterocycles. The maximum atomic E-state index is 13.1. The van der Waals surface area contributed by atoms with Crippen LogP contribution in [0.2, 0.25) is 0 Å². The molecule has 30 heavy (non-hydrogen) atoms. The van der Waals surface area contributed by atoms with E-state index in [4.69, 9.17) is 9.47 Å². The lowest BCUT2D eigenvalue weighted by Crippen LogP contribution is -2.51. The summed E-state index contributed by atoms with van der Waals surface area (Å²) in [4.78, 5) is 27.3. The van der Waals surface area contributed by atoms with E-state index < -0.39 is 6.04 Å². The van der Waals surface area contributed by atoms with E-state index in [0.717, 1.165) is 5.56 Å². The zero-order chi connectivity index (χ0) is 22.1. The van der Waals surface area contributed by atoms with Crippen LogP contribution in [0.4, 0.5) is 4.39 Å². The van der Waals surface area contributed by atoms with Crippen LogP contribution < -0.4 is 14.8 Å². The summed E-state index contributed by atoms with van der Waals surface area (Å²) in [6.07, 6.45) is 0.455. The summed E-state index contributed by atoms with van der Waals surface area (Å²) in [7, 11) is 1.58. The van der Waals surface area contributed by atoms with Gasteiger partial charge < -0.3 is 19.7 Å². The third-order valence-electron chi connectivity index (χ3n) is 4.50. The molecule has 2 amide bonds. The van der Waals surface area contributed by atoms with E-state index in [1.54, 1.807) is 7.11 Å². The van der Waals surface area contributed by atoms with Crippen LogP contribution in [0.5, 0.6) is 11.5 Å². The average Bonchev–Trinajstić information content (AvgIpc) is 2.73. The average molecular weight is 416 g/mol. The number of methoxy groups -OCH3 is 1. The third-order valence-corrected chi connectivity index (χ3v) is 4.50. The second-order valence-corrected chi connectivity index (χ2v) is 7.20. The number of amides is 2. The molecule has 0 saturated heterocycles. The van der Waals surface area contributed by atoms with Crippen molar-refractivity contribution in [1.29, 1.82) is 0 Å². The predicted molar refractivity (Wildman–Crippen MR) is 113 cm³/mol. The van der Waals surface area contributed by atoms with Crippen LogP contribution >= 0.6 is 0 Å². The summed E-state index contributed by atoms with van der Waals surface area (Å²) in [5.41, 5.74) is 0.863. The molecule has 0 heterocycles. The van der Waals surface area contributed by atoms with Gasteiger partial charge in [-0.1, -0.05) is 19.1 Å². The van der Waals surface area contributed by atoms with Crippen LogP contribution in [0.1, 0.15) is 32.8 Å². The Morgan fingerprint density at radius 3 is 2.17 bits per heavy atom. The number of halogens is 1. The Labute approximate surface area is 177 Å². The Balaban J connectivity index is 2.19. The summed E-state index contributed by atoms with van der Waals surface area (Å²) in [5, 5.41) is 2.88. The van der Waals surface area contributed by atoms with Gasteiger partial charge in [0.25, 0.3) is 5.91 Å². The van der Waals surface area contributed by atoms with Gasteiger partial charge in [0.15, 0.2) is 6.61 Å². The Morgan fingerprint density at radius 2 is 1.63 bits per heavy atom. The van der Waals surface area contributed by atoms with Gasteiger partial charge in [-0.15, -0.1) is 0 Å². The minimum Gasteiger partial charge on any atom is -0.497 e. The predicted octanol–water partition coefficient (Wildman–Crippen LogP) is 3.55. The fraction of sp³-hybridized carbons (Fsp3) is 0.391. The number of rotatable bonds is 10. The number of hydrogen-bond acceptors (Lipinski definition) is 4. The summed E-state index contributed by atoms with van der Waals surface area (Å²) in [6.45, 7) is 5.60. The lowest BCUT2D eigenvalue weighted by Gasteiger charge is -2.31. The van der Waals surface area contributed by atoms with Crippen molar-refractivity contribution < 1.29 is 23.5 Å². The van der Waals surface area contributed by atoms with Gasteiger partial charge in [-0.05, 0) is 62.2 Å². The topological polar surface area (TPSA) is 67.9 Å². The molecular formula is C23H29FN2O4. The van der Waals surface area contributed by atoms with Crippen molar-refractivity contribution in [3.63, 3.8) is 0 Å². The standard InChI is InChI=1S/C23H29FN2O4/c1-5-21(23(28)25-16(2)3)26(14-17-6-10-19(29-4)11-7-17)22(27)15-30-20-12-8-18(24)9-13-20/h6-13,16,21H,5,14-15H2,1-4H3,(H,25,28). The Morgan fingerprint density at radius 1 is 1.03 bits per heavy atom. The number of carbonyl (C=O) groups is 2. The molecule has 2 aromatic carbocycles. The fourth-order valence-electron chi connectivity index (χ4n) is 2.99. The van der Waals surface area contributed by atoms with Gasteiger partial charge in [0.1, 0.15) is 23.4 Å². The van der Waals surface area contributed by atoms with Crippen LogP contribution in [0.25, 0.3) is 0 Å². The lowest BCUT2D eigenvalue weighted by atomic mass is 10.1. The first-order valence-electron chi connectivity index (χ1n) is 9.95. The number of ether oxygens (including phenoxy) is 2. The van der Waals surface area contributed by atoms with Crippen molar-refractivity contribution in [2.45, 2.75) is 45.8 Å². The molecule has 2 aromatic rings. The zero-order valence-electron chi connectivity index (χ0n) is 17.9. The van der Waals surface area contributed by atoms with E-state index in [0.29, 0.717) is 17.9 Å². The number of carbonyl (C=O) groups excluding carboxylic acids is 2. The molecule has 0 bridgehead atoms. The summed E-state index contributed by atoms with van der Waals surface area (Å²) in [6, 6.07) is 12.1. The monoisotopic (exact) mass is 416 g/mol. The first kappa shape index (κ1) is 23.2. The van der Waals surface area contributed by atoms with Crippen molar-refractivity contribution in [2.75, 3.05) is 13.7 Å². The van der Waals surface area contributed by atoms with Crippen molar-refractivity contribution in [2.24, 2.45) is 0 Å². The quantitative estimate of drug-likeness (QED) is 0.643. The molecule has 0 aliphatic carbocycles. The third kappa shape index (κ3) is 6.76. The first-order valence-corrected chi connectivity index (χ1v) is 9.95. The van der Waals surface area contributed by atoms with Crippen LogP contribution in [0, 0.1) is 5.82 Å².